The third kappa shape index (κ3) is 2.97. The van der Waals surface area contributed by atoms with Crippen LogP contribution in [0.2, 0.25) is 0 Å². The quantitative estimate of drug-likeness (QED) is 0.662. The van der Waals surface area contributed by atoms with Gasteiger partial charge in [-0.1, -0.05) is 39.0 Å². The van der Waals surface area contributed by atoms with Crippen LogP contribution < -0.4 is 16.3 Å². The van der Waals surface area contributed by atoms with E-state index in [9.17, 15) is 14.0 Å². The van der Waals surface area contributed by atoms with Crippen LogP contribution in [0.1, 0.15) is 26.3 Å². The number of hydrogen-bond donors (Lipinski definition) is 0. The summed E-state index contributed by atoms with van der Waals surface area (Å²) in [7, 11) is 3.03. The van der Waals surface area contributed by atoms with Crippen LogP contribution in [-0.2, 0) is 27.2 Å². The summed E-state index contributed by atoms with van der Waals surface area (Å²) in [6.45, 7) is 6.63. The first-order valence-corrected chi connectivity index (χ1v) is 9.34. The molecular formula is C20H23FN6O2. The summed E-state index contributed by atoms with van der Waals surface area (Å²) in [5.41, 5.74) is 0.784. The molecule has 0 radical (unpaired) electrons. The molecule has 0 atom stereocenters. The van der Waals surface area contributed by atoms with Crippen molar-refractivity contribution >= 4 is 22.8 Å². The maximum Gasteiger partial charge on any atom is 0.332 e. The molecule has 4 rings (SSSR count). The number of benzene rings is 1. The maximum absolute atomic E-state index is 14.3. The van der Waals surface area contributed by atoms with Gasteiger partial charge in [0, 0.05) is 25.1 Å². The Morgan fingerprint density at radius 1 is 1.10 bits per heavy atom. The van der Waals surface area contributed by atoms with E-state index < -0.39 is 11.2 Å². The summed E-state index contributed by atoms with van der Waals surface area (Å²) in [5, 5.41) is 6.34. The minimum atomic E-state index is -0.449. The van der Waals surface area contributed by atoms with E-state index in [1.54, 1.807) is 34.8 Å². The molecule has 3 aromatic rings. The van der Waals surface area contributed by atoms with E-state index in [4.69, 9.17) is 5.10 Å². The van der Waals surface area contributed by atoms with Gasteiger partial charge in [-0.25, -0.2) is 14.2 Å². The molecule has 1 aromatic carbocycles. The van der Waals surface area contributed by atoms with E-state index in [1.807, 2.05) is 20.8 Å². The summed E-state index contributed by atoms with van der Waals surface area (Å²) < 4.78 is 18.5. The normalized spacial score (nSPS) is 14.3. The Bertz CT molecular complexity index is 1280. The molecule has 0 spiro atoms. The van der Waals surface area contributed by atoms with Gasteiger partial charge in [0.05, 0.1) is 18.8 Å². The van der Waals surface area contributed by atoms with Crippen LogP contribution in [0.25, 0.3) is 11.2 Å². The average Bonchev–Trinajstić information content (AvgIpc) is 3.06. The van der Waals surface area contributed by atoms with Gasteiger partial charge in [0.2, 0.25) is 5.95 Å². The van der Waals surface area contributed by atoms with Crippen LogP contribution in [0.4, 0.5) is 10.3 Å². The van der Waals surface area contributed by atoms with E-state index >= 15 is 0 Å². The van der Waals surface area contributed by atoms with Crippen LogP contribution in [0.5, 0.6) is 0 Å². The molecule has 0 saturated carbocycles. The zero-order valence-electron chi connectivity index (χ0n) is 17.1. The number of hydrazone groups is 1. The molecule has 0 bridgehead atoms. The van der Waals surface area contributed by atoms with Crippen LogP contribution in [-0.4, -0.2) is 24.4 Å². The lowest BCUT2D eigenvalue weighted by molar-refractivity contribution is 0.545. The zero-order chi connectivity index (χ0) is 21.1. The monoisotopic (exact) mass is 398 g/mol. The first kappa shape index (κ1) is 19.1. The highest BCUT2D eigenvalue weighted by Gasteiger charge is 2.31. The molecule has 0 aliphatic carbocycles. The van der Waals surface area contributed by atoms with Crippen LogP contribution in [0.15, 0.2) is 39.0 Å². The summed E-state index contributed by atoms with van der Waals surface area (Å²) in [4.78, 5) is 29.8. The molecule has 0 fully saturated rings. The SMILES string of the molecule is Cn1c(=O)c2c(nc3n2CC(C(C)(C)C)=NN3Cc2ccccc2F)n(C)c1=O. The minimum absolute atomic E-state index is 0.157. The fourth-order valence-corrected chi connectivity index (χ4v) is 3.43. The Balaban J connectivity index is 1.98. The smallest absolute Gasteiger partial charge is 0.297 e. The fraction of sp³-hybridized carbons (Fsp3) is 0.400. The molecule has 0 N–H and O–H groups in total. The van der Waals surface area contributed by atoms with Crippen LogP contribution in [0.3, 0.4) is 0 Å². The lowest BCUT2D eigenvalue weighted by Gasteiger charge is -2.31. The highest BCUT2D eigenvalue weighted by atomic mass is 19.1. The Labute approximate surface area is 166 Å². The van der Waals surface area contributed by atoms with Crippen molar-refractivity contribution in [1.82, 2.24) is 18.7 Å². The van der Waals surface area contributed by atoms with Crippen LogP contribution >= 0.6 is 0 Å². The number of nitrogens with zero attached hydrogens (tertiary/aromatic N) is 6. The molecule has 9 heteroatoms. The number of fused-ring (bicyclic) bond motifs is 3. The zero-order valence-corrected chi connectivity index (χ0v) is 17.1. The van der Waals surface area contributed by atoms with Gasteiger partial charge in [-0.3, -0.25) is 18.5 Å². The van der Waals surface area contributed by atoms with E-state index in [1.165, 1.54) is 17.7 Å². The van der Waals surface area contributed by atoms with Crippen molar-refractivity contribution in [3.63, 3.8) is 0 Å². The van der Waals surface area contributed by atoms with Gasteiger partial charge in [-0.15, -0.1) is 0 Å². The predicted octanol–water partition coefficient (Wildman–Crippen LogP) is 2.00. The van der Waals surface area contributed by atoms with E-state index in [-0.39, 0.29) is 23.4 Å². The second kappa shape index (κ2) is 6.40. The molecule has 2 aromatic heterocycles. The molecule has 1 aliphatic rings. The van der Waals surface area contributed by atoms with Crippen molar-refractivity contribution in [1.29, 1.82) is 0 Å². The Hall–Kier alpha value is -3.23. The second-order valence-corrected chi connectivity index (χ2v) is 8.32. The fourth-order valence-electron chi connectivity index (χ4n) is 3.43. The average molecular weight is 398 g/mol. The van der Waals surface area contributed by atoms with Crippen molar-refractivity contribution in [2.45, 2.75) is 33.9 Å². The molecular weight excluding hydrogens is 375 g/mol. The number of anilines is 1. The largest absolute Gasteiger partial charge is 0.332 e. The van der Waals surface area contributed by atoms with Crippen molar-refractivity contribution in [2.75, 3.05) is 5.01 Å². The number of imidazole rings is 1. The second-order valence-electron chi connectivity index (χ2n) is 8.32. The standard InChI is InChI=1S/C20H23FN6O2/c1-20(2,3)14-11-26-15-16(24(4)19(29)25(5)17(15)28)22-18(26)27(23-14)10-12-8-6-7-9-13(12)21/h6-9H,10-11H2,1-5H3. The lowest BCUT2D eigenvalue weighted by atomic mass is 9.89. The van der Waals surface area contributed by atoms with E-state index in [0.29, 0.717) is 23.6 Å². The Morgan fingerprint density at radius 2 is 1.79 bits per heavy atom. The molecule has 3 heterocycles. The summed E-state index contributed by atoms with van der Waals surface area (Å²) in [6, 6.07) is 6.49. The van der Waals surface area contributed by atoms with Crippen molar-refractivity contribution < 1.29 is 4.39 Å². The highest BCUT2D eigenvalue weighted by molar-refractivity contribution is 5.93. The highest BCUT2D eigenvalue weighted by Crippen LogP contribution is 2.30. The molecule has 0 amide bonds. The number of rotatable bonds is 2. The summed E-state index contributed by atoms with van der Waals surface area (Å²) in [5.74, 6) is 0.0751. The molecule has 0 saturated heterocycles. The van der Waals surface area contributed by atoms with Gasteiger partial charge in [-0.2, -0.15) is 10.1 Å². The third-order valence-electron chi connectivity index (χ3n) is 5.25. The molecule has 29 heavy (non-hydrogen) atoms. The third-order valence-corrected chi connectivity index (χ3v) is 5.25. The Morgan fingerprint density at radius 3 is 2.45 bits per heavy atom. The van der Waals surface area contributed by atoms with Gasteiger partial charge >= 0.3 is 5.69 Å². The summed E-state index contributed by atoms with van der Waals surface area (Å²) in [6.07, 6.45) is 0. The minimum Gasteiger partial charge on any atom is -0.297 e. The first-order valence-electron chi connectivity index (χ1n) is 9.34. The van der Waals surface area contributed by atoms with Crippen molar-refractivity contribution in [3.8, 4) is 0 Å². The lowest BCUT2D eigenvalue weighted by Crippen LogP contribution is -2.39. The van der Waals surface area contributed by atoms with Gasteiger partial charge in [0.1, 0.15) is 5.82 Å². The van der Waals surface area contributed by atoms with E-state index in [0.717, 1.165) is 10.3 Å². The molecule has 152 valence electrons. The number of aromatic nitrogens is 4. The van der Waals surface area contributed by atoms with Gasteiger partial charge in [-0.05, 0) is 6.07 Å². The topological polar surface area (TPSA) is 77.4 Å². The first-order chi connectivity index (χ1) is 13.6. The van der Waals surface area contributed by atoms with Gasteiger partial charge < -0.3 is 0 Å². The summed E-state index contributed by atoms with van der Waals surface area (Å²) >= 11 is 0. The Kier molecular flexibility index (Phi) is 4.21. The van der Waals surface area contributed by atoms with Crippen LogP contribution in [0, 0.1) is 11.2 Å². The van der Waals surface area contributed by atoms with Crippen molar-refractivity contribution in [2.24, 2.45) is 24.6 Å². The molecule has 8 nitrogen and oxygen atoms in total. The molecule has 0 unspecified atom stereocenters. The predicted molar refractivity (Wildman–Crippen MR) is 110 cm³/mol. The number of hydrogen-bond acceptors (Lipinski definition) is 5. The van der Waals surface area contributed by atoms with Gasteiger partial charge in [0.25, 0.3) is 5.56 Å². The number of halogens is 1. The number of aryl methyl sites for hydroxylation is 1. The maximum atomic E-state index is 14.3. The van der Waals surface area contributed by atoms with Crippen molar-refractivity contribution in [3.05, 3.63) is 56.5 Å². The molecule has 1 aliphatic heterocycles. The van der Waals surface area contributed by atoms with Gasteiger partial charge in [0.15, 0.2) is 11.2 Å². The van der Waals surface area contributed by atoms with E-state index in [2.05, 4.69) is 4.98 Å².